The maximum atomic E-state index is 13.2. The largest absolute Gasteiger partial charge is 0.341 e. The summed E-state index contributed by atoms with van der Waals surface area (Å²) in [6.45, 7) is 0. The van der Waals surface area contributed by atoms with E-state index in [1.54, 1.807) is 13.1 Å². The Labute approximate surface area is 139 Å². The Kier molecular flexibility index (Phi) is 4.11. The summed E-state index contributed by atoms with van der Waals surface area (Å²) in [5, 5.41) is 2.58. The van der Waals surface area contributed by atoms with Crippen molar-refractivity contribution in [2.24, 2.45) is 5.41 Å². The molecule has 1 aromatic carbocycles. The van der Waals surface area contributed by atoms with Crippen molar-refractivity contribution < 1.29 is 22.4 Å². The van der Waals surface area contributed by atoms with Crippen LogP contribution in [-0.4, -0.2) is 49.7 Å². The van der Waals surface area contributed by atoms with E-state index in [9.17, 15) is 22.4 Å². The Bertz CT molecular complexity index is 789. The summed E-state index contributed by atoms with van der Waals surface area (Å²) < 4.78 is 36.4. The van der Waals surface area contributed by atoms with Gasteiger partial charge in [0.1, 0.15) is 11.2 Å². The van der Waals surface area contributed by atoms with Gasteiger partial charge >= 0.3 is 0 Å². The highest BCUT2D eigenvalue weighted by molar-refractivity contribution is 7.91. The molecule has 1 N–H and O–H groups in total. The molecule has 3 rings (SSSR count). The molecule has 0 radical (unpaired) electrons. The minimum absolute atomic E-state index is 0.0587. The Morgan fingerprint density at radius 2 is 2.04 bits per heavy atom. The lowest BCUT2D eigenvalue weighted by molar-refractivity contribution is -0.142. The number of nitrogens with zero attached hydrogens (tertiary/aromatic N) is 1. The Morgan fingerprint density at radius 3 is 2.58 bits per heavy atom. The molecule has 1 aliphatic heterocycles. The van der Waals surface area contributed by atoms with E-state index < -0.39 is 27.0 Å². The third-order valence-electron chi connectivity index (χ3n) is 4.75. The van der Waals surface area contributed by atoms with E-state index in [2.05, 4.69) is 5.32 Å². The zero-order valence-corrected chi connectivity index (χ0v) is 14.1. The molecule has 1 aliphatic carbocycles. The van der Waals surface area contributed by atoms with Crippen LogP contribution >= 0.6 is 0 Å². The number of halogens is 1. The van der Waals surface area contributed by atoms with Gasteiger partial charge in [0.15, 0.2) is 9.84 Å². The average Bonchev–Trinajstić information content (AvgIpc) is 3.25. The number of carbonyl (C=O) groups is 2. The van der Waals surface area contributed by atoms with Gasteiger partial charge in [-0.3, -0.25) is 9.59 Å². The third kappa shape index (κ3) is 3.15. The smallest absolute Gasteiger partial charge is 0.240 e. The molecule has 1 heterocycles. The molecule has 1 saturated carbocycles. The number of carbonyl (C=O) groups excluding carboxylic acids is 2. The Balaban J connectivity index is 1.71. The van der Waals surface area contributed by atoms with E-state index >= 15 is 0 Å². The molecule has 24 heavy (non-hydrogen) atoms. The first kappa shape index (κ1) is 16.9. The van der Waals surface area contributed by atoms with Crippen LogP contribution < -0.4 is 5.32 Å². The molecule has 8 heteroatoms. The molecule has 6 nitrogen and oxygen atoms in total. The van der Waals surface area contributed by atoms with E-state index in [1.165, 1.54) is 23.1 Å². The fourth-order valence-corrected chi connectivity index (χ4v) is 4.84. The second kappa shape index (κ2) is 5.84. The molecule has 1 saturated heterocycles. The highest BCUT2D eigenvalue weighted by Crippen LogP contribution is 2.48. The minimum Gasteiger partial charge on any atom is -0.341 e. The van der Waals surface area contributed by atoms with E-state index in [1.807, 2.05) is 0 Å². The fraction of sp³-hybridized carbons (Fsp3) is 0.500. The lowest BCUT2D eigenvalue weighted by Crippen LogP contribution is -2.46. The summed E-state index contributed by atoms with van der Waals surface area (Å²) >= 11 is 0. The summed E-state index contributed by atoms with van der Waals surface area (Å²) in [5.41, 5.74) is -0.863. The number of benzene rings is 1. The highest BCUT2D eigenvalue weighted by atomic mass is 32.2. The van der Waals surface area contributed by atoms with Crippen molar-refractivity contribution >= 4 is 27.3 Å². The maximum Gasteiger partial charge on any atom is 0.240 e. The van der Waals surface area contributed by atoms with Gasteiger partial charge in [0.2, 0.25) is 11.8 Å². The molecule has 0 aromatic heterocycles. The van der Waals surface area contributed by atoms with Gasteiger partial charge in [0, 0.05) is 18.8 Å². The lowest BCUT2D eigenvalue weighted by Gasteiger charge is -2.27. The fourth-order valence-electron chi connectivity index (χ4n) is 3.06. The van der Waals surface area contributed by atoms with E-state index in [0.29, 0.717) is 24.9 Å². The standard InChI is InChI=1S/C16H19FN2O4S/c1-19(13-5-8-24(22,23)10-13)15(21)16(6-7-16)14(20)18-12-4-2-3-11(17)9-12/h2-4,9,13H,5-8,10H2,1H3,(H,18,20). The van der Waals surface area contributed by atoms with Gasteiger partial charge in [-0.05, 0) is 37.5 Å². The summed E-state index contributed by atoms with van der Waals surface area (Å²) in [4.78, 5) is 26.6. The van der Waals surface area contributed by atoms with Crippen LogP contribution in [0.3, 0.4) is 0 Å². The van der Waals surface area contributed by atoms with Crippen LogP contribution in [0.2, 0.25) is 0 Å². The quantitative estimate of drug-likeness (QED) is 0.824. The van der Waals surface area contributed by atoms with Crippen molar-refractivity contribution in [3.8, 4) is 0 Å². The first-order chi connectivity index (χ1) is 11.2. The normalized spacial score (nSPS) is 23.5. The number of amides is 2. The van der Waals surface area contributed by atoms with E-state index in [4.69, 9.17) is 0 Å². The molecule has 2 amide bonds. The third-order valence-corrected chi connectivity index (χ3v) is 6.50. The predicted molar refractivity (Wildman–Crippen MR) is 86.5 cm³/mol. The lowest BCUT2D eigenvalue weighted by atomic mass is 10.0. The van der Waals surface area contributed by atoms with Crippen LogP contribution in [0.1, 0.15) is 19.3 Å². The first-order valence-corrected chi connectivity index (χ1v) is 9.60. The van der Waals surface area contributed by atoms with Crippen molar-refractivity contribution in [2.45, 2.75) is 25.3 Å². The number of hydrogen-bond acceptors (Lipinski definition) is 4. The highest BCUT2D eigenvalue weighted by Gasteiger charge is 2.58. The monoisotopic (exact) mass is 354 g/mol. The zero-order valence-electron chi connectivity index (χ0n) is 13.3. The van der Waals surface area contributed by atoms with Crippen LogP contribution in [0.4, 0.5) is 10.1 Å². The van der Waals surface area contributed by atoms with Gasteiger partial charge in [-0.25, -0.2) is 12.8 Å². The number of nitrogens with one attached hydrogen (secondary N) is 1. The Hall–Kier alpha value is -1.96. The van der Waals surface area contributed by atoms with Crippen LogP contribution in [0, 0.1) is 11.2 Å². The number of sulfone groups is 1. The maximum absolute atomic E-state index is 13.2. The van der Waals surface area contributed by atoms with E-state index in [0.717, 1.165) is 0 Å². The first-order valence-electron chi connectivity index (χ1n) is 7.78. The predicted octanol–water partition coefficient (Wildman–Crippen LogP) is 1.19. The average molecular weight is 354 g/mol. The second-order valence-corrected chi connectivity index (χ2v) is 8.75. The van der Waals surface area contributed by atoms with Gasteiger partial charge in [-0.2, -0.15) is 0 Å². The molecule has 0 spiro atoms. The van der Waals surface area contributed by atoms with Gasteiger partial charge in [0.25, 0.3) is 0 Å². The van der Waals surface area contributed by atoms with E-state index in [-0.39, 0.29) is 23.5 Å². The molecule has 1 unspecified atom stereocenters. The molecule has 1 aromatic rings. The topological polar surface area (TPSA) is 83.6 Å². The van der Waals surface area contributed by atoms with Crippen LogP contribution in [-0.2, 0) is 19.4 Å². The molecular formula is C16H19FN2O4S. The van der Waals surface area contributed by atoms with Gasteiger partial charge in [-0.1, -0.05) is 6.07 Å². The summed E-state index contributed by atoms with van der Waals surface area (Å²) in [5.74, 6) is -1.30. The number of anilines is 1. The summed E-state index contributed by atoms with van der Waals surface area (Å²) in [6.07, 6.45) is 1.22. The zero-order chi connectivity index (χ0) is 17.5. The molecule has 2 fully saturated rings. The molecular weight excluding hydrogens is 335 g/mol. The minimum atomic E-state index is -3.11. The van der Waals surface area contributed by atoms with Crippen LogP contribution in [0.5, 0.6) is 0 Å². The molecule has 2 aliphatic rings. The SMILES string of the molecule is CN(C(=O)C1(C(=O)Nc2cccc(F)c2)CC1)C1CCS(=O)(=O)C1. The van der Waals surface area contributed by atoms with Crippen molar-refractivity contribution in [3.63, 3.8) is 0 Å². The molecule has 0 bridgehead atoms. The Morgan fingerprint density at radius 1 is 1.33 bits per heavy atom. The molecule has 1 atom stereocenters. The number of hydrogen-bond donors (Lipinski definition) is 1. The van der Waals surface area contributed by atoms with Crippen molar-refractivity contribution in [1.29, 1.82) is 0 Å². The second-order valence-electron chi connectivity index (χ2n) is 6.52. The van der Waals surface area contributed by atoms with Crippen molar-refractivity contribution in [2.75, 3.05) is 23.9 Å². The van der Waals surface area contributed by atoms with Crippen LogP contribution in [0.15, 0.2) is 24.3 Å². The number of rotatable bonds is 4. The van der Waals surface area contributed by atoms with Gasteiger partial charge in [-0.15, -0.1) is 0 Å². The van der Waals surface area contributed by atoms with Crippen molar-refractivity contribution in [3.05, 3.63) is 30.1 Å². The summed E-state index contributed by atoms with van der Waals surface area (Å²) in [7, 11) is -1.56. The summed E-state index contributed by atoms with van der Waals surface area (Å²) in [6, 6.07) is 5.09. The van der Waals surface area contributed by atoms with Crippen molar-refractivity contribution in [1.82, 2.24) is 4.90 Å². The van der Waals surface area contributed by atoms with Crippen LogP contribution in [0.25, 0.3) is 0 Å². The van der Waals surface area contributed by atoms with Gasteiger partial charge < -0.3 is 10.2 Å². The molecule has 130 valence electrons. The van der Waals surface area contributed by atoms with Gasteiger partial charge in [0.05, 0.1) is 11.5 Å².